The van der Waals surface area contributed by atoms with Gasteiger partial charge in [0.05, 0.1) is 38.2 Å². The van der Waals surface area contributed by atoms with Gasteiger partial charge in [-0.25, -0.2) is 0 Å². The number of nitrogens with zero attached hydrogens (tertiary/aromatic N) is 4. The first-order valence-electron chi connectivity index (χ1n) is 13.7. The number of carbonyl (C=O) groups excluding carboxylic acids is 1. The molecule has 0 aliphatic carbocycles. The van der Waals surface area contributed by atoms with Crippen LogP contribution >= 0.6 is 0 Å². The van der Waals surface area contributed by atoms with Crippen molar-refractivity contribution in [2.24, 2.45) is 0 Å². The molecule has 1 aliphatic rings. The Morgan fingerprint density at radius 3 is 1.27 bits per heavy atom. The van der Waals surface area contributed by atoms with Gasteiger partial charge in [-0.3, -0.25) is 43.6 Å². The summed E-state index contributed by atoms with van der Waals surface area (Å²) in [4.78, 5) is 65.1. The van der Waals surface area contributed by atoms with Crippen molar-refractivity contribution in [3.63, 3.8) is 0 Å². The Bertz CT molecular complexity index is 866. The van der Waals surface area contributed by atoms with E-state index in [1.807, 2.05) is 18.7 Å². The van der Waals surface area contributed by atoms with Gasteiger partial charge in [0.2, 0.25) is 5.91 Å². The van der Waals surface area contributed by atoms with Crippen LogP contribution in [-0.2, 0) is 28.7 Å². The number of carbonyl (C=O) groups is 5. The fraction of sp³-hybridized carbons (Fsp3) is 0.808. The van der Waals surface area contributed by atoms with Gasteiger partial charge in [-0.1, -0.05) is 0 Å². The van der Waals surface area contributed by atoms with E-state index in [4.69, 9.17) is 9.84 Å². The van der Waals surface area contributed by atoms with Crippen molar-refractivity contribution in [2.45, 2.75) is 51.7 Å². The second-order valence-corrected chi connectivity index (χ2v) is 11.6. The van der Waals surface area contributed by atoms with Crippen molar-refractivity contribution >= 4 is 29.8 Å². The number of nitrogens with one attached hydrogen (secondary N) is 1. The number of hydrogen-bond donors (Lipinski definition) is 5. The third-order valence-corrected chi connectivity index (χ3v) is 6.65. The summed E-state index contributed by atoms with van der Waals surface area (Å²) in [5, 5.41) is 40.0. The molecule has 0 radical (unpaired) electrons. The molecular weight excluding hydrogens is 542 g/mol. The molecule has 1 aliphatic heterocycles. The van der Waals surface area contributed by atoms with Gasteiger partial charge in [-0.2, -0.15) is 0 Å². The van der Waals surface area contributed by atoms with Crippen molar-refractivity contribution in [3.8, 4) is 0 Å². The van der Waals surface area contributed by atoms with Gasteiger partial charge in [-0.15, -0.1) is 0 Å². The number of carboxylic acid groups (broad SMARTS) is 4. The highest BCUT2D eigenvalue weighted by molar-refractivity contribution is 5.78. The van der Waals surface area contributed by atoms with Gasteiger partial charge in [-0.05, 0) is 34.1 Å². The van der Waals surface area contributed by atoms with Crippen LogP contribution in [0, 0.1) is 0 Å². The van der Waals surface area contributed by atoms with Gasteiger partial charge >= 0.3 is 23.9 Å². The molecule has 15 heteroatoms. The van der Waals surface area contributed by atoms with Crippen LogP contribution in [0.4, 0.5) is 0 Å². The minimum Gasteiger partial charge on any atom is -0.481 e. The van der Waals surface area contributed by atoms with Gasteiger partial charge in [0.1, 0.15) is 0 Å². The van der Waals surface area contributed by atoms with E-state index in [0.717, 1.165) is 0 Å². The number of carboxylic acids is 4. The molecule has 0 aromatic rings. The Morgan fingerprint density at radius 2 is 0.951 bits per heavy atom. The van der Waals surface area contributed by atoms with Crippen LogP contribution in [0.1, 0.15) is 40.5 Å². The van der Waals surface area contributed by atoms with E-state index in [1.165, 1.54) is 0 Å². The normalized spacial score (nSPS) is 17.8. The first-order valence-corrected chi connectivity index (χ1v) is 13.7. The van der Waals surface area contributed by atoms with E-state index < -0.39 is 35.0 Å². The predicted octanol–water partition coefficient (Wildman–Crippen LogP) is -0.983. The Labute approximate surface area is 241 Å². The Kier molecular flexibility index (Phi) is 15.2. The molecule has 0 spiro atoms. The van der Waals surface area contributed by atoms with E-state index in [9.17, 15) is 39.3 Å². The molecule has 0 unspecified atom stereocenters. The summed E-state index contributed by atoms with van der Waals surface area (Å²) >= 11 is 0. The van der Waals surface area contributed by atoms with Crippen LogP contribution in [0.2, 0.25) is 0 Å². The third kappa shape index (κ3) is 17.5. The van der Waals surface area contributed by atoms with Crippen LogP contribution in [0.3, 0.4) is 0 Å². The maximum atomic E-state index is 13.0. The number of aliphatic carboxylic acids is 4. The summed E-state index contributed by atoms with van der Waals surface area (Å²) < 4.78 is 5.72. The molecule has 0 saturated carbocycles. The molecular formula is C26H47N5O10. The molecule has 0 bridgehead atoms. The zero-order chi connectivity index (χ0) is 31.2. The van der Waals surface area contributed by atoms with Crippen molar-refractivity contribution < 1.29 is 49.1 Å². The molecule has 15 nitrogen and oxygen atoms in total. The van der Waals surface area contributed by atoms with Crippen molar-refractivity contribution in [2.75, 3.05) is 85.1 Å². The summed E-state index contributed by atoms with van der Waals surface area (Å²) in [6, 6.07) is 0. The van der Waals surface area contributed by atoms with Crippen LogP contribution < -0.4 is 5.32 Å². The topological polar surface area (TPSA) is 200 Å². The molecule has 0 aromatic carbocycles. The molecule has 236 valence electrons. The molecule has 1 fully saturated rings. The SMILES string of the molecule is CC(C)(CCOC(C)(C)CC(=O)O)NC(=O)CN1CCN(CC(=O)O)CCN(CC(=O)O)CCN(CC(=O)O)CC1. The quantitative estimate of drug-likeness (QED) is 0.156. The second kappa shape index (κ2) is 17.2. The number of rotatable bonds is 15. The fourth-order valence-corrected chi connectivity index (χ4v) is 4.47. The van der Waals surface area contributed by atoms with Crippen LogP contribution in [0.15, 0.2) is 0 Å². The first kappa shape index (κ1) is 36.2. The van der Waals surface area contributed by atoms with Crippen molar-refractivity contribution in [3.05, 3.63) is 0 Å². The van der Waals surface area contributed by atoms with Gasteiger partial charge in [0, 0.05) is 64.5 Å². The highest BCUT2D eigenvalue weighted by Crippen LogP contribution is 2.17. The highest BCUT2D eigenvalue weighted by Gasteiger charge is 2.27. The summed E-state index contributed by atoms with van der Waals surface area (Å²) in [7, 11) is 0. The molecule has 0 atom stereocenters. The standard InChI is InChI=1S/C26H47N5O10/c1-25(2,5-14-41-26(3,4)15-21(33)34)27-20(32)16-28-6-8-29(17-22(35)36)10-12-31(19-24(39)40)13-11-30(9-7-28)18-23(37)38/h5-19H2,1-4H3,(H,27,32)(H,33,34)(H,35,36)(H,37,38)(H,39,40). The third-order valence-electron chi connectivity index (χ3n) is 6.65. The Balaban J connectivity index is 2.89. The minimum absolute atomic E-state index is 0.00174. The van der Waals surface area contributed by atoms with E-state index in [1.54, 1.807) is 28.5 Å². The maximum Gasteiger partial charge on any atom is 0.317 e. The lowest BCUT2D eigenvalue weighted by molar-refractivity contribution is -0.144. The fourth-order valence-electron chi connectivity index (χ4n) is 4.47. The van der Waals surface area contributed by atoms with Crippen molar-refractivity contribution in [1.29, 1.82) is 0 Å². The Hall–Kier alpha value is -2.85. The number of ether oxygens (including phenoxy) is 1. The van der Waals surface area contributed by atoms with Gasteiger partial charge < -0.3 is 30.5 Å². The van der Waals surface area contributed by atoms with Crippen LogP contribution in [0.5, 0.6) is 0 Å². The number of amides is 1. The molecule has 1 heterocycles. The molecule has 0 aromatic heterocycles. The zero-order valence-electron chi connectivity index (χ0n) is 24.6. The maximum absolute atomic E-state index is 13.0. The zero-order valence-corrected chi connectivity index (χ0v) is 24.6. The van der Waals surface area contributed by atoms with Crippen LogP contribution in [-0.4, -0.2) is 166 Å². The second-order valence-electron chi connectivity index (χ2n) is 11.6. The average molecular weight is 590 g/mol. The molecule has 41 heavy (non-hydrogen) atoms. The largest absolute Gasteiger partial charge is 0.481 e. The van der Waals surface area contributed by atoms with Gasteiger partial charge in [0.15, 0.2) is 0 Å². The predicted molar refractivity (Wildman–Crippen MR) is 148 cm³/mol. The summed E-state index contributed by atoms with van der Waals surface area (Å²) in [6.07, 6.45) is 0.289. The highest BCUT2D eigenvalue weighted by atomic mass is 16.5. The molecule has 1 rings (SSSR count). The lowest BCUT2D eigenvalue weighted by atomic mass is 10.0. The Morgan fingerprint density at radius 1 is 0.610 bits per heavy atom. The first-order chi connectivity index (χ1) is 19.0. The number of hydrogen-bond acceptors (Lipinski definition) is 10. The minimum atomic E-state index is -1.03. The molecule has 1 saturated heterocycles. The lowest BCUT2D eigenvalue weighted by Gasteiger charge is -2.34. The summed E-state index contributed by atoms with van der Waals surface area (Å²) in [5.74, 6) is -4.30. The van der Waals surface area contributed by atoms with E-state index in [0.29, 0.717) is 58.8 Å². The van der Waals surface area contributed by atoms with E-state index >= 15 is 0 Å². The summed E-state index contributed by atoms with van der Waals surface area (Å²) in [6.45, 7) is 9.05. The smallest absolute Gasteiger partial charge is 0.317 e. The molecule has 1 amide bonds. The lowest BCUT2D eigenvalue weighted by Crippen LogP contribution is -2.52. The summed E-state index contributed by atoms with van der Waals surface area (Å²) in [5.41, 5.74) is -1.50. The average Bonchev–Trinajstić information content (AvgIpc) is 2.78. The van der Waals surface area contributed by atoms with E-state index in [-0.39, 0.29) is 45.1 Å². The van der Waals surface area contributed by atoms with Crippen LogP contribution in [0.25, 0.3) is 0 Å². The van der Waals surface area contributed by atoms with E-state index in [2.05, 4.69) is 5.32 Å². The van der Waals surface area contributed by atoms with Crippen molar-refractivity contribution in [1.82, 2.24) is 24.9 Å². The monoisotopic (exact) mass is 589 g/mol. The van der Waals surface area contributed by atoms with Gasteiger partial charge in [0.25, 0.3) is 0 Å². The molecule has 5 N–H and O–H groups in total.